The lowest BCUT2D eigenvalue weighted by atomic mass is 9.78. The normalized spacial score (nSPS) is 34.1. The van der Waals surface area contributed by atoms with Gasteiger partial charge in [0, 0.05) is 33.2 Å². The van der Waals surface area contributed by atoms with Crippen LogP contribution in [0.1, 0.15) is 50.5 Å². The van der Waals surface area contributed by atoms with Crippen LogP contribution < -0.4 is 4.90 Å². The Labute approximate surface area is 212 Å². The number of anilines is 1. The van der Waals surface area contributed by atoms with E-state index in [1.807, 2.05) is 0 Å². The number of carbonyl (C=O) groups is 1. The average Bonchev–Trinajstić information content (AvgIpc) is 3.58. The fraction of sp³-hybridized carbons (Fsp3) is 0.800. The highest BCUT2D eigenvalue weighted by Crippen LogP contribution is 2.51. The number of hydrogen-bond acceptors (Lipinski definition) is 6. The Morgan fingerprint density at radius 1 is 1.27 bits per heavy atom. The molecule has 1 aromatic heterocycles. The van der Waals surface area contributed by atoms with Crippen LogP contribution >= 0.6 is 0 Å². The van der Waals surface area contributed by atoms with Crippen molar-refractivity contribution in [2.24, 2.45) is 17.3 Å². The molecule has 5 rings (SSSR count). The molecule has 4 aliphatic rings. The van der Waals surface area contributed by atoms with Gasteiger partial charge in [0.15, 0.2) is 5.82 Å². The molecular formula is C25H33F5N4O3. The molecule has 37 heavy (non-hydrogen) atoms. The zero-order valence-electron chi connectivity index (χ0n) is 20.8. The van der Waals surface area contributed by atoms with Gasteiger partial charge in [0.05, 0.1) is 42.0 Å². The van der Waals surface area contributed by atoms with Crippen molar-refractivity contribution in [1.29, 1.82) is 0 Å². The highest BCUT2D eigenvalue weighted by atomic mass is 19.4. The molecule has 4 heterocycles. The average molecular weight is 533 g/mol. The van der Waals surface area contributed by atoms with E-state index < -0.39 is 30.0 Å². The second-order valence-electron chi connectivity index (χ2n) is 11.1. The van der Waals surface area contributed by atoms with Gasteiger partial charge in [-0.15, -0.1) is 5.10 Å². The lowest BCUT2D eigenvalue weighted by molar-refractivity contribution is -0.146. The Morgan fingerprint density at radius 3 is 2.76 bits per heavy atom. The van der Waals surface area contributed by atoms with Crippen LogP contribution in [0.3, 0.4) is 0 Å². The van der Waals surface area contributed by atoms with Gasteiger partial charge < -0.3 is 19.3 Å². The summed E-state index contributed by atoms with van der Waals surface area (Å²) in [6.07, 6.45) is -3.06. The summed E-state index contributed by atoms with van der Waals surface area (Å²) in [5.74, 6) is 0.348. The summed E-state index contributed by atoms with van der Waals surface area (Å²) < 4.78 is 78.0. The van der Waals surface area contributed by atoms with E-state index >= 15 is 0 Å². The molecule has 1 saturated carbocycles. The number of halogens is 5. The topological polar surface area (TPSA) is 67.8 Å². The molecule has 4 fully saturated rings. The first kappa shape index (κ1) is 26.5. The standard InChI is InChI=1S/C25H33F5N4O3/c1-36-20-14-37-5-3-16(20)6-15-2-4-24(9-15,10-21(26)27)23(35)34-13-18-8-19(34)12-33(18)22-7-17(11-31-32-22)25(28,29)30/h7,11,15-16,18-21H,2-6,8-10,12-14H2,1H3/t15-,16+,18-,19-,20+,24-/m0/s1. The number of rotatable bonds is 7. The number of alkyl halides is 5. The van der Waals surface area contributed by atoms with Crippen molar-refractivity contribution in [2.45, 2.75) is 75.7 Å². The van der Waals surface area contributed by atoms with E-state index in [0.717, 1.165) is 25.3 Å². The third kappa shape index (κ3) is 5.28. The minimum absolute atomic E-state index is 0.0196. The van der Waals surface area contributed by atoms with Crippen molar-refractivity contribution in [3.05, 3.63) is 17.8 Å². The van der Waals surface area contributed by atoms with E-state index in [-0.39, 0.29) is 41.7 Å². The molecule has 0 unspecified atom stereocenters. The van der Waals surface area contributed by atoms with E-state index in [1.165, 1.54) is 0 Å². The number of piperazine rings is 1. The molecule has 1 amide bonds. The lowest BCUT2D eigenvalue weighted by Crippen LogP contribution is -2.53. The van der Waals surface area contributed by atoms with Gasteiger partial charge in [-0.05, 0) is 56.4 Å². The van der Waals surface area contributed by atoms with E-state index in [0.29, 0.717) is 51.8 Å². The molecule has 206 valence electrons. The zero-order valence-corrected chi connectivity index (χ0v) is 20.8. The smallest absolute Gasteiger partial charge is 0.379 e. The maximum atomic E-state index is 13.8. The number of nitrogens with zero attached hydrogens (tertiary/aromatic N) is 4. The van der Waals surface area contributed by atoms with Gasteiger partial charge in [-0.3, -0.25) is 4.79 Å². The first-order valence-corrected chi connectivity index (χ1v) is 13.0. The molecule has 0 N–H and O–H groups in total. The number of fused-ring (bicyclic) bond motifs is 2. The van der Waals surface area contributed by atoms with Crippen molar-refractivity contribution < 1.29 is 36.2 Å². The Kier molecular flexibility index (Phi) is 7.34. The van der Waals surface area contributed by atoms with Gasteiger partial charge >= 0.3 is 6.18 Å². The molecule has 0 radical (unpaired) electrons. The van der Waals surface area contributed by atoms with E-state index in [1.54, 1.807) is 16.9 Å². The number of carbonyl (C=O) groups excluding carboxylic acids is 1. The summed E-state index contributed by atoms with van der Waals surface area (Å²) in [6, 6.07) is 0.525. The Bertz CT molecular complexity index is 982. The highest BCUT2D eigenvalue weighted by Gasteiger charge is 2.54. The van der Waals surface area contributed by atoms with Crippen LogP contribution in [-0.2, 0) is 20.4 Å². The summed E-state index contributed by atoms with van der Waals surface area (Å²) in [5, 5.41) is 7.40. The van der Waals surface area contributed by atoms with Crippen molar-refractivity contribution in [2.75, 3.05) is 38.3 Å². The summed E-state index contributed by atoms with van der Waals surface area (Å²) in [7, 11) is 1.66. The second-order valence-corrected chi connectivity index (χ2v) is 11.1. The number of hydrogen-bond donors (Lipinski definition) is 0. The van der Waals surface area contributed by atoms with Crippen LogP contribution in [0.15, 0.2) is 12.3 Å². The quantitative estimate of drug-likeness (QED) is 0.492. The molecule has 0 spiro atoms. The summed E-state index contributed by atoms with van der Waals surface area (Å²) in [6.45, 7) is 1.79. The van der Waals surface area contributed by atoms with Gasteiger partial charge in [0.25, 0.3) is 0 Å². The maximum Gasteiger partial charge on any atom is 0.418 e. The highest BCUT2D eigenvalue weighted by molar-refractivity contribution is 5.84. The van der Waals surface area contributed by atoms with E-state index in [4.69, 9.17) is 9.47 Å². The third-order valence-electron chi connectivity index (χ3n) is 8.85. The molecule has 3 saturated heterocycles. The molecule has 12 heteroatoms. The Morgan fingerprint density at radius 2 is 2.08 bits per heavy atom. The minimum atomic E-state index is -4.53. The molecule has 1 aliphatic carbocycles. The monoisotopic (exact) mass is 532 g/mol. The van der Waals surface area contributed by atoms with Crippen molar-refractivity contribution in [3.8, 4) is 0 Å². The second kappa shape index (κ2) is 10.2. The number of likely N-dealkylation sites (tertiary alicyclic amines) is 1. The van der Waals surface area contributed by atoms with Gasteiger partial charge in [0.1, 0.15) is 0 Å². The number of methoxy groups -OCH3 is 1. The number of amides is 1. The Balaban J connectivity index is 1.27. The predicted octanol–water partition coefficient (Wildman–Crippen LogP) is 4.17. The Hall–Kier alpha value is -2.08. The molecule has 0 aromatic carbocycles. The van der Waals surface area contributed by atoms with E-state index in [2.05, 4.69) is 10.2 Å². The van der Waals surface area contributed by atoms with Gasteiger partial charge in [-0.25, -0.2) is 8.78 Å². The third-order valence-corrected chi connectivity index (χ3v) is 8.85. The molecule has 1 aromatic rings. The summed E-state index contributed by atoms with van der Waals surface area (Å²) in [5.41, 5.74) is -1.97. The molecule has 2 bridgehead atoms. The summed E-state index contributed by atoms with van der Waals surface area (Å²) in [4.78, 5) is 17.3. The number of aromatic nitrogens is 2. The van der Waals surface area contributed by atoms with Gasteiger partial charge in [0.2, 0.25) is 12.3 Å². The SMILES string of the molecule is CO[C@@H]1COCC[C@@H]1C[C@@H]1CC[C@](CC(F)F)(C(=O)N2C[C@@H]3C[C@H]2CN3c2cc(C(F)(F)F)cnn2)C1. The van der Waals surface area contributed by atoms with Crippen LogP contribution in [0, 0.1) is 17.3 Å². The molecule has 6 atom stereocenters. The van der Waals surface area contributed by atoms with Crippen LogP contribution in [0.5, 0.6) is 0 Å². The lowest BCUT2D eigenvalue weighted by Gasteiger charge is -2.40. The van der Waals surface area contributed by atoms with Crippen LogP contribution in [0.2, 0.25) is 0 Å². The number of ether oxygens (including phenoxy) is 2. The predicted molar refractivity (Wildman–Crippen MR) is 123 cm³/mol. The molecular weight excluding hydrogens is 499 g/mol. The fourth-order valence-electron chi connectivity index (χ4n) is 7.07. The van der Waals surface area contributed by atoms with Crippen LogP contribution in [-0.4, -0.2) is 79.0 Å². The largest absolute Gasteiger partial charge is 0.418 e. The van der Waals surface area contributed by atoms with Gasteiger partial charge in [-0.1, -0.05) is 0 Å². The molecule has 3 aliphatic heterocycles. The molecule has 7 nitrogen and oxygen atoms in total. The van der Waals surface area contributed by atoms with Crippen molar-refractivity contribution >= 4 is 11.7 Å². The first-order valence-electron chi connectivity index (χ1n) is 13.0. The minimum Gasteiger partial charge on any atom is -0.379 e. The van der Waals surface area contributed by atoms with Crippen molar-refractivity contribution in [3.63, 3.8) is 0 Å². The van der Waals surface area contributed by atoms with E-state index in [9.17, 15) is 26.7 Å². The maximum absolute atomic E-state index is 13.8. The fourth-order valence-corrected chi connectivity index (χ4v) is 7.07. The van der Waals surface area contributed by atoms with Crippen LogP contribution in [0.4, 0.5) is 27.8 Å². The van der Waals surface area contributed by atoms with Crippen LogP contribution in [0.25, 0.3) is 0 Å². The first-order chi connectivity index (χ1) is 17.6. The zero-order chi connectivity index (χ0) is 26.4. The summed E-state index contributed by atoms with van der Waals surface area (Å²) >= 11 is 0. The van der Waals surface area contributed by atoms with Crippen molar-refractivity contribution in [1.82, 2.24) is 15.1 Å². The van der Waals surface area contributed by atoms with Gasteiger partial charge in [-0.2, -0.15) is 18.3 Å².